The van der Waals surface area contributed by atoms with Gasteiger partial charge in [-0.15, -0.1) is 0 Å². The lowest BCUT2D eigenvalue weighted by Crippen LogP contribution is -2.28. The van der Waals surface area contributed by atoms with Crippen molar-refractivity contribution in [3.8, 4) is 0 Å². The average Bonchev–Trinajstić information content (AvgIpc) is 2.46. The van der Waals surface area contributed by atoms with Crippen molar-refractivity contribution in [3.63, 3.8) is 0 Å². The van der Waals surface area contributed by atoms with Crippen molar-refractivity contribution in [1.29, 1.82) is 0 Å². The van der Waals surface area contributed by atoms with E-state index in [1.54, 1.807) is 0 Å². The van der Waals surface area contributed by atoms with Gasteiger partial charge in [-0.3, -0.25) is 4.98 Å². The van der Waals surface area contributed by atoms with E-state index in [1.165, 1.54) is 35.6 Å². The van der Waals surface area contributed by atoms with Gasteiger partial charge in [0.05, 0.1) is 0 Å². The van der Waals surface area contributed by atoms with Crippen molar-refractivity contribution in [2.45, 2.75) is 32.1 Å². The van der Waals surface area contributed by atoms with Crippen LogP contribution in [0.3, 0.4) is 0 Å². The molecule has 0 radical (unpaired) electrons. The van der Waals surface area contributed by atoms with Gasteiger partial charge in [0.15, 0.2) is 0 Å². The van der Waals surface area contributed by atoms with Crippen molar-refractivity contribution in [1.82, 2.24) is 4.98 Å². The van der Waals surface area contributed by atoms with Crippen molar-refractivity contribution in [3.05, 3.63) is 42.2 Å². The lowest BCUT2D eigenvalue weighted by atomic mass is 9.71. The number of aromatic nitrogens is 1. The topological polar surface area (TPSA) is 38.9 Å². The Hall–Kier alpha value is -1.41. The molecule has 100 valence electrons. The molecule has 0 bridgehead atoms. The minimum absolute atomic E-state index is 0.576. The minimum Gasteiger partial charge on any atom is -0.330 e. The third-order valence-corrected chi connectivity index (χ3v) is 4.66. The van der Waals surface area contributed by atoms with Crippen LogP contribution in [0.2, 0.25) is 0 Å². The number of benzene rings is 1. The van der Waals surface area contributed by atoms with Gasteiger partial charge in [0.25, 0.3) is 0 Å². The molecule has 2 nitrogen and oxygen atoms in total. The normalized spacial score (nSPS) is 27.6. The zero-order chi connectivity index (χ0) is 13.2. The first-order chi connectivity index (χ1) is 9.29. The van der Waals surface area contributed by atoms with Crippen LogP contribution in [0.25, 0.3) is 10.8 Å². The quantitative estimate of drug-likeness (QED) is 0.887. The van der Waals surface area contributed by atoms with Gasteiger partial charge in [-0.1, -0.05) is 37.6 Å². The number of nitrogens with zero attached hydrogens (tertiary/aromatic N) is 1. The number of rotatable bonds is 2. The molecular formula is C17H22N2. The molecule has 0 saturated heterocycles. The van der Waals surface area contributed by atoms with Gasteiger partial charge in [-0.05, 0) is 48.1 Å². The number of nitrogens with two attached hydrogens (primary N) is 1. The van der Waals surface area contributed by atoms with Crippen LogP contribution in [0.5, 0.6) is 0 Å². The molecule has 0 aliphatic heterocycles. The van der Waals surface area contributed by atoms with Gasteiger partial charge < -0.3 is 5.73 Å². The molecular weight excluding hydrogens is 232 g/mol. The molecule has 19 heavy (non-hydrogen) atoms. The molecule has 1 fully saturated rings. The second-order valence-corrected chi connectivity index (χ2v) is 5.97. The van der Waals surface area contributed by atoms with Crippen LogP contribution in [0.15, 0.2) is 36.7 Å². The molecule has 3 atom stereocenters. The number of fused-ring (bicyclic) bond motifs is 1. The zero-order valence-electron chi connectivity index (χ0n) is 11.5. The SMILES string of the molecule is CC1CCC(CN)C(c2cncc3ccccc23)C1. The van der Waals surface area contributed by atoms with Crippen LogP contribution in [0, 0.1) is 11.8 Å². The fourth-order valence-corrected chi connectivity index (χ4v) is 3.54. The second-order valence-electron chi connectivity index (χ2n) is 5.97. The predicted octanol–water partition coefficient (Wildman–Crippen LogP) is 3.71. The maximum atomic E-state index is 6.00. The van der Waals surface area contributed by atoms with Crippen LogP contribution in [-0.4, -0.2) is 11.5 Å². The molecule has 1 aliphatic carbocycles. The highest BCUT2D eigenvalue weighted by Gasteiger charge is 2.29. The number of hydrogen-bond donors (Lipinski definition) is 1. The summed E-state index contributed by atoms with van der Waals surface area (Å²) in [6, 6.07) is 8.57. The minimum atomic E-state index is 0.576. The zero-order valence-corrected chi connectivity index (χ0v) is 11.5. The van der Waals surface area contributed by atoms with Crippen LogP contribution in [-0.2, 0) is 0 Å². The summed E-state index contributed by atoms with van der Waals surface area (Å²) in [6.07, 6.45) is 7.84. The average molecular weight is 254 g/mol. The van der Waals surface area contributed by atoms with Crippen LogP contribution in [0.4, 0.5) is 0 Å². The molecule has 3 rings (SSSR count). The van der Waals surface area contributed by atoms with Gasteiger partial charge >= 0.3 is 0 Å². The van der Waals surface area contributed by atoms with Crippen LogP contribution >= 0.6 is 0 Å². The highest BCUT2D eigenvalue weighted by atomic mass is 14.6. The van der Waals surface area contributed by atoms with E-state index in [9.17, 15) is 0 Å². The molecule has 2 heteroatoms. The van der Waals surface area contributed by atoms with Gasteiger partial charge in [0.2, 0.25) is 0 Å². The Morgan fingerprint density at radius 1 is 1.21 bits per heavy atom. The fourth-order valence-electron chi connectivity index (χ4n) is 3.54. The molecule has 2 N–H and O–H groups in total. The summed E-state index contributed by atoms with van der Waals surface area (Å²) in [5.41, 5.74) is 7.40. The van der Waals surface area contributed by atoms with Gasteiger partial charge in [-0.2, -0.15) is 0 Å². The first-order valence-corrected chi connectivity index (χ1v) is 7.32. The smallest absolute Gasteiger partial charge is 0.0346 e. The predicted molar refractivity (Wildman–Crippen MR) is 80.0 cm³/mol. The molecule has 0 amide bonds. The Kier molecular flexibility index (Phi) is 3.52. The molecule has 2 aromatic rings. The Balaban J connectivity index is 2.06. The third kappa shape index (κ3) is 2.37. The van der Waals surface area contributed by atoms with E-state index in [0.29, 0.717) is 11.8 Å². The van der Waals surface area contributed by atoms with Crippen molar-refractivity contribution in [2.24, 2.45) is 17.6 Å². The van der Waals surface area contributed by atoms with E-state index < -0.39 is 0 Å². The summed E-state index contributed by atoms with van der Waals surface area (Å²) in [5, 5.41) is 2.60. The van der Waals surface area contributed by atoms with E-state index >= 15 is 0 Å². The molecule has 1 saturated carbocycles. The lowest BCUT2D eigenvalue weighted by molar-refractivity contribution is 0.254. The monoisotopic (exact) mass is 254 g/mol. The first-order valence-electron chi connectivity index (χ1n) is 7.32. The largest absolute Gasteiger partial charge is 0.330 e. The van der Waals surface area contributed by atoms with E-state index in [4.69, 9.17) is 5.73 Å². The Bertz CT molecular complexity index is 559. The Labute approximate surface area is 115 Å². The van der Waals surface area contributed by atoms with Crippen molar-refractivity contribution >= 4 is 10.8 Å². The lowest BCUT2D eigenvalue weighted by Gasteiger charge is -2.35. The highest BCUT2D eigenvalue weighted by Crippen LogP contribution is 2.41. The standard InChI is InChI=1S/C17H22N2/c1-12-6-7-13(9-18)16(8-12)17-11-19-10-14-4-2-3-5-15(14)17/h2-5,10-13,16H,6-9,18H2,1H3. The molecule has 0 spiro atoms. The van der Waals surface area contributed by atoms with Crippen LogP contribution < -0.4 is 5.73 Å². The van der Waals surface area contributed by atoms with E-state index in [0.717, 1.165) is 12.5 Å². The Morgan fingerprint density at radius 3 is 2.89 bits per heavy atom. The van der Waals surface area contributed by atoms with Gasteiger partial charge in [0, 0.05) is 17.8 Å². The molecule has 1 aromatic heterocycles. The second kappa shape index (κ2) is 5.30. The third-order valence-electron chi connectivity index (χ3n) is 4.66. The highest BCUT2D eigenvalue weighted by molar-refractivity contribution is 5.85. The van der Waals surface area contributed by atoms with Crippen molar-refractivity contribution in [2.75, 3.05) is 6.54 Å². The maximum absolute atomic E-state index is 6.00. The van der Waals surface area contributed by atoms with Crippen LogP contribution in [0.1, 0.15) is 37.7 Å². The summed E-state index contributed by atoms with van der Waals surface area (Å²) < 4.78 is 0. The summed E-state index contributed by atoms with van der Waals surface area (Å²) in [7, 11) is 0. The first kappa shape index (κ1) is 12.6. The van der Waals surface area contributed by atoms with E-state index in [-0.39, 0.29) is 0 Å². The molecule has 1 aliphatic rings. The number of pyridine rings is 1. The summed E-state index contributed by atoms with van der Waals surface area (Å²) in [5.74, 6) is 1.99. The Morgan fingerprint density at radius 2 is 2.05 bits per heavy atom. The van der Waals surface area contributed by atoms with Crippen molar-refractivity contribution < 1.29 is 0 Å². The van der Waals surface area contributed by atoms with E-state index in [1.807, 2.05) is 6.20 Å². The molecule has 1 aromatic carbocycles. The number of hydrogen-bond acceptors (Lipinski definition) is 2. The summed E-state index contributed by atoms with van der Waals surface area (Å²) >= 11 is 0. The van der Waals surface area contributed by atoms with Gasteiger partial charge in [0.1, 0.15) is 0 Å². The molecule has 1 heterocycles. The van der Waals surface area contributed by atoms with Gasteiger partial charge in [-0.25, -0.2) is 0 Å². The summed E-state index contributed by atoms with van der Waals surface area (Å²) in [4.78, 5) is 4.44. The maximum Gasteiger partial charge on any atom is 0.0346 e. The van der Waals surface area contributed by atoms with E-state index in [2.05, 4.69) is 42.4 Å². The fraction of sp³-hybridized carbons (Fsp3) is 0.471. The molecule has 3 unspecified atom stereocenters. The summed E-state index contributed by atoms with van der Waals surface area (Å²) in [6.45, 7) is 3.15.